The Morgan fingerprint density at radius 3 is 2.32 bits per heavy atom. The van der Waals surface area contributed by atoms with Gasteiger partial charge < -0.3 is 30.5 Å². The average Bonchev–Trinajstić information content (AvgIpc) is 2.39. The van der Waals surface area contributed by atoms with Crippen molar-refractivity contribution >= 4 is 11.9 Å². The topological polar surface area (TPSA) is 136 Å². The summed E-state index contributed by atoms with van der Waals surface area (Å²) in [4.78, 5) is 21.8. The van der Waals surface area contributed by atoms with E-state index >= 15 is 0 Å². The molecule has 19 heavy (non-hydrogen) atoms. The number of aliphatic hydroxyl groups is 4. The molecule has 0 saturated heterocycles. The van der Waals surface area contributed by atoms with Gasteiger partial charge in [0.15, 0.2) is 6.61 Å². The summed E-state index contributed by atoms with van der Waals surface area (Å²) in [6.45, 7) is 3.21. The highest BCUT2D eigenvalue weighted by molar-refractivity contribution is 5.80. The summed E-state index contributed by atoms with van der Waals surface area (Å²) >= 11 is 0. The number of hydrogen-bond donors (Lipinski definition) is 5. The minimum Gasteiger partial charge on any atom is -0.456 e. The maximum atomic E-state index is 11.3. The average molecular weight is 277 g/mol. The number of carbonyl (C=O) groups is 2. The van der Waals surface area contributed by atoms with E-state index in [1.165, 1.54) is 0 Å². The van der Waals surface area contributed by atoms with E-state index < -0.39 is 49.4 Å². The lowest BCUT2D eigenvalue weighted by molar-refractivity contribution is -0.147. The first-order chi connectivity index (χ1) is 8.83. The number of rotatable bonds is 8. The third-order valence-electron chi connectivity index (χ3n) is 2.29. The summed E-state index contributed by atoms with van der Waals surface area (Å²) in [5.74, 6) is -1.34. The number of ether oxygens (including phenoxy) is 1. The Hall–Kier alpha value is -1.48. The van der Waals surface area contributed by atoms with Gasteiger partial charge in [-0.3, -0.25) is 9.59 Å². The molecule has 0 heterocycles. The molecule has 110 valence electrons. The molecule has 0 aromatic rings. The quantitative estimate of drug-likeness (QED) is 0.240. The van der Waals surface area contributed by atoms with Crippen LogP contribution < -0.4 is 5.32 Å². The van der Waals surface area contributed by atoms with Crippen LogP contribution in [-0.4, -0.2) is 69.9 Å². The van der Waals surface area contributed by atoms with Gasteiger partial charge in [-0.25, -0.2) is 0 Å². The fourth-order valence-electron chi connectivity index (χ4n) is 1.23. The van der Waals surface area contributed by atoms with E-state index in [4.69, 9.17) is 5.11 Å². The summed E-state index contributed by atoms with van der Waals surface area (Å²) in [5.41, 5.74) is 0. The first-order valence-electron chi connectivity index (χ1n) is 5.53. The van der Waals surface area contributed by atoms with Crippen LogP contribution in [0.5, 0.6) is 0 Å². The van der Waals surface area contributed by atoms with Gasteiger partial charge in [-0.1, -0.05) is 6.08 Å². The minimum atomic E-state index is -1.66. The first kappa shape index (κ1) is 17.5. The van der Waals surface area contributed by atoms with Crippen molar-refractivity contribution in [2.24, 2.45) is 0 Å². The lowest BCUT2D eigenvalue weighted by Crippen LogP contribution is -2.52. The van der Waals surface area contributed by atoms with Gasteiger partial charge in [-0.05, 0) is 0 Å². The van der Waals surface area contributed by atoms with Crippen LogP contribution in [-0.2, 0) is 14.3 Å². The highest BCUT2D eigenvalue weighted by Gasteiger charge is 2.30. The summed E-state index contributed by atoms with van der Waals surface area (Å²) in [6.07, 6.45) is -3.64. The Morgan fingerprint density at radius 1 is 1.32 bits per heavy atom. The molecule has 0 aromatic heterocycles. The molecule has 0 saturated carbocycles. The normalized spacial score (nSPS) is 16.9. The van der Waals surface area contributed by atoms with E-state index in [1.807, 2.05) is 0 Å². The van der Waals surface area contributed by atoms with Gasteiger partial charge in [0.25, 0.3) is 5.91 Å². The van der Waals surface area contributed by atoms with Crippen molar-refractivity contribution in [3.63, 3.8) is 0 Å². The van der Waals surface area contributed by atoms with E-state index in [9.17, 15) is 24.9 Å². The van der Waals surface area contributed by atoms with Crippen molar-refractivity contribution in [3.05, 3.63) is 12.7 Å². The molecule has 8 nitrogen and oxygen atoms in total. The molecule has 0 unspecified atom stereocenters. The fraction of sp³-hybridized carbons (Fsp3) is 0.636. The van der Waals surface area contributed by atoms with Gasteiger partial charge in [-0.2, -0.15) is 0 Å². The molecule has 0 aliphatic heterocycles. The van der Waals surface area contributed by atoms with E-state index in [0.717, 1.165) is 13.0 Å². The standard InChI is InChI=1S/C11H19NO7/c1-3-7(10(17)11(18)8(15)4-13)12-9(16)5-19-6(2)14/h3,7-8,10-11,13,15,17-18H,1,4-5H2,2H3,(H,12,16)/t7-,8-,10-,11-/m1/s1. The molecule has 0 rings (SSSR count). The van der Waals surface area contributed by atoms with Crippen LogP contribution in [0.25, 0.3) is 0 Å². The van der Waals surface area contributed by atoms with Crippen LogP contribution in [0.3, 0.4) is 0 Å². The van der Waals surface area contributed by atoms with Crippen molar-refractivity contribution in [3.8, 4) is 0 Å². The summed E-state index contributed by atoms with van der Waals surface area (Å²) in [5, 5.41) is 39.2. The van der Waals surface area contributed by atoms with E-state index in [2.05, 4.69) is 16.6 Å². The van der Waals surface area contributed by atoms with Crippen molar-refractivity contribution in [2.45, 2.75) is 31.3 Å². The molecule has 0 aliphatic rings. The van der Waals surface area contributed by atoms with Crippen molar-refractivity contribution < 1.29 is 34.8 Å². The molecule has 0 fully saturated rings. The van der Waals surface area contributed by atoms with E-state index in [-0.39, 0.29) is 0 Å². The van der Waals surface area contributed by atoms with Gasteiger partial charge in [0.1, 0.15) is 18.3 Å². The third kappa shape index (κ3) is 6.30. The van der Waals surface area contributed by atoms with Gasteiger partial charge in [0.2, 0.25) is 0 Å². The zero-order valence-electron chi connectivity index (χ0n) is 10.5. The third-order valence-corrected chi connectivity index (χ3v) is 2.29. The molecule has 8 heteroatoms. The summed E-state index contributed by atoms with van der Waals surface area (Å²) in [7, 11) is 0. The molecular formula is C11H19NO7. The molecule has 0 aliphatic carbocycles. The second-order valence-corrected chi connectivity index (χ2v) is 3.84. The second-order valence-electron chi connectivity index (χ2n) is 3.84. The number of aliphatic hydroxyl groups excluding tert-OH is 4. The monoisotopic (exact) mass is 277 g/mol. The number of nitrogens with one attached hydrogen (secondary N) is 1. The van der Waals surface area contributed by atoms with Crippen LogP contribution in [0, 0.1) is 0 Å². The number of hydrogen-bond acceptors (Lipinski definition) is 7. The fourth-order valence-corrected chi connectivity index (χ4v) is 1.23. The Kier molecular flexibility index (Phi) is 7.92. The highest BCUT2D eigenvalue weighted by atomic mass is 16.5. The maximum Gasteiger partial charge on any atom is 0.303 e. The molecule has 0 aromatic carbocycles. The van der Waals surface area contributed by atoms with Crippen LogP contribution in [0.15, 0.2) is 12.7 Å². The summed E-state index contributed by atoms with van der Waals surface area (Å²) < 4.78 is 4.44. The molecular weight excluding hydrogens is 258 g/mol. The zero-order chi connectivity index (χ0) is 15.0. The van der Waals surface area contributed by atoms with Crippen molar-refractivity contribution in [1.82, 2.24) is 5.32 Å². The van der Waals surface area contributed by atoms with Gasteiger partial charge in [0.05, 0.1) is 12.6 Å². The number of esters is 1. The molecule has 0 bridgehead atoms. The smallest absolute Gasteiger partial charge is 0.303 e. The summed E-state index contributed by atoms with van der Waals surface area (Å²) in [6, 6.07) is -1.07. The zero-order valence-corrected chi connectivity index (χ0v) is 10.5. The number of carbonyl (C=O) groups excluding carboxylic acids is 2. The molecule has 1 amide bonds. The van der Waals surface area contributed by atoms with Gasteiger partial charge in [-0.15, -0.1) is 6.58 Å². The van der Waals surface area contributed by atoms with Crippen molar-refractivity contribution in [2.75, 3.05) is 13.2 Å². The predicted octanol–water partition coefficient (Wildman–Crippen LogP) is -2.70. The highest BCUT2D eigenvalue weighted by Crippen LogP contribution is 2.06. The minimum absolute atomic E-state index is 0.537. The molecule has 5 N–H and O–H groups in total. The molecule has 0 spiro atoms. The van der Waals surface area contributed by atoms with Crippen LogP contribution in [0.4, 0.5) is 0 Å². The van der Waals surface area contributed by atoms with Crippen LogP contribution in [0.1, 0.15) is 6.92 Å². The number of amides is 1. The van der Waals surface area contributed by atoms with Crippen LogP contribution >= 0.6 is 0 Å². The van der Waals surface area contributed by atoms with E-state index in [0.29, 0.717) is 0 Å². The molecule has 0 radical (unpaired) electrons. The predicted molar refractivity (Wildman–Crippen MR) is 63.9 cm³/mol. The SMILES string of the molecule is C=C[C@@H](NC(=O)COC(C)=O)[C@@H](O)[C@H](O)[C@H](O)CO. The van der Waals surface area contributed by atoms with E-state index in [1.54, 1.807) is 0 Å². The van der Waals surface area contributed by atoms with Crippen molar-refractivity contribution in [1.29, 1.82) is 0 Å². The first-order valence-corrected chi connectivity index (χ1v) is 5.53. The van der Waals surface area contributed by atoms with Gasteiger partial charge >= 0.3 is 5.97 Å². The lowest BCUT2D eigenvalue weighted by atomic mass is 10.0. The largest absolute Gasteiger partial charge is 0.456 e. The lowest BCUT2D eigenvalue weighted by Gasteiger charge is -2.27. The van der Waals surface area contributed by atoms with Crippen LogP contribution in [0.2, 0.25) is 0 Å². The Bertz CT molecular complexity index is 320. The second kappa shape index (κ2) is 8.59. The Labute approximate surface area is 110 Å². The Morgan fingerprint density at radius 2 is 1.89 bits per heavy atom. The van der Waals surface area contributed by atoms with Gasteiger partial charge in [0, 0.05) is 6.92 Å². The maximum absolute atomic E-state index is 11.3. The molecule has 4 atom stereocenters. The Balaban J connectivity index is 4.44.